The summed E-state index contributed by atoms with van der Waals surface area (Å²) in [4.78, 5) is 31.9. The maximum Gasteiger partial charge on any atom is 0.259 e. The number of hydrogen-bond acceptors (Lipinski definition) is 4. The van der Waals surface area contributed by atoms with Gasteiger partial charge in [0.2, 0.25) is 0 Å². The highest BCUT2D eigenvalue weighted by Crippen LogP contribution is 2.36. The highest BCUT2D eigenvalue weighted by Gasteiger charge is 2.31. The summed E-state index contributed by atoms with van der Waals surface area (Å²) in [7, 11) is -1.57. The third-order valence-corrected chi connectivity index (χ3v) is 8.92. The number of anilines is 1. The van der Waals surface area contributed by atoms with Crippen LogP contribution in [0.25, 0.3) is 0 Å². The first-order chi connectivity index (χ1) is 18.4. The van der Waals surface area contributed by atoms with Gasteiger partial charge in [-0.3, -0.25) is 9.59 Å². The number of piperidine rings is 1. The molecule has 8 heteroatoms. The Morgan fingerprint density at radius 2 is 1.92 bits per heavy atom. The molecule has 2 atom stereocenters. The first-order valence-corrected chi connectivity index (χ1v) is 14.6. The molecule has 2 heterocycles. The van der Waals surface area contributed by atoms with Crippen LogP contribution in [0, 0.1) is 5.92 Å². The Labute approximate surface area is 231 Å². The van der Waals surface area contributed by atoms with Crippen LogP contribution in [-0.4, -0.2) is 47.1 Å². The zero-order valence-electron chi connectivity index (χ0n) is 21.5. The molecule has 0 saturated carbocycles. The lowest BCUT2D eigenvalue weighted by Crippen LogP contribution is -2.36. The molecule has 0 radical (unpaired) electrons. The van der Waals surface area contributed by atoms with Gasteiger partial charge in [-0.2, -0.15) is 0 Å². The molecule has 1 saturated heterocycles. The van der Waals surface area contributed by atoms with E-state index in [4.69, 9.17) is 11.6 Å². The standard InChI is InChI=1S/C30H32ClN3O3S/c1-21-7-5-15-33(19-21)16-6-14-32-29(35)23-12-13-28-26(18-23)34(20-22-8-4-9-24(31)17-22)30(36)25-10-2-3-11-27(25)38(28)37/h2-4,8-13,17-18,21H,5-7,14-16,19-20H2,1H3,(H,32,35)/t21-,38+/m1/s1. The van der Waals surface area contributed by atoms with Gasteiger partial charge in [0.25, 0.3) is 11.8 Å². The summed E-state index contributed by atoms with van der Waals surface area (Å²) in [5.74, 6) is 0.260. The van der Waals surface area contributed by atoms with Crippen molar-refractivity contribution >= 4 is 39.9 Å². The van der Waals surface area contributed by atoms with Gasteiger partial charge in [0, 0.05) is 23.7 Å². The molecule has 0 unspecified atom stereocenters. The highest BCUT2D eigenvalue weighted by atomic mass is 35.5. The van der Waals surface area contributed by atoms with Crippen LogP contribution in [0.15, 0.2) is 76.5 Å². The van der Waals surface area contributed by atoms with Gasteiger partial charge in [-0.1, -0.05) is 42.8 Å². The molecule has 5 rings (SSSR count). The summed E-state index contributed by atoms with van der Waals surface area (Å²) in [5.41, 5.74) is 2.13. The fourth-order valence-electron chi connectivity index (χ4n) is 5.28. The van der Waals surface area contributed by atoms with E-state index in [9.17, 15) is 13.8 Å². The molecular formula is C30H32ClN3O3S. The number of carbonyl (C=O) groups is 2. The molecule has 38 heavy (non-hydrogen) atoms. The lowest BCUT2D eigenvalue weighted by Gasteiger charge is -2.30. The largest absolute Gasteiger partial charge is 0.352 e. The Kier molecular flexibility index (Phi) is 8.27. The van der Waals surface area contributed by atoms with E-state index >= 15 is 0 Å². The minimum atomic E-state index is -1.57. The Balaban J connectivity index is 1.38. The number of fused-ring (bicyclic) bond motifs is 2. The average molecular weight is 550 g/mol. The van der Waals surface area contributed by atoms with Gasteiger partial charge < -0.3 is 15.1 Å². The van der Waals surface area contributed by atoms with Crippen LogP contribution in [0.1, 0.15) is 52.5 Å². The number of nitrogens with zero attached hydrogens (tertiary/aromatic N) is 2. The van der Waals surface area contributed by atoms with Crippen molar-refractivity contribution in [3.63, 3.8) is 0 Å². The summed E-state index contributed by atoms with van der Waals surface area (Å²) >= 11 is 6.21. The lowest BCUT2D eigenvalue weighted by atomic mass is 10.0. The summed E-state index contributed by atoms with van der Waals surface area (Å²) in [5, 5.41) is 3.59. The van der Waals surface area contributed by atoms with Crippen LogP contribution in [0.4, 0.5) is 5.69 Å². The second-order valence-corrected chi connectivity index (χ2v) is 12.0. The van der Waals surface area contributed by atoms with Gasteiger partial charge in [0.1, 0.15) is 0 Å². The van der Waals surface area contributed by atoms with Crippen LogP contribution < -0.4 is 10.2 Å². The second kappa shape index (κ2) is 11.8. The van der Waals surface area contributed by atoms with Crippen molar-refractivity contribution in [2.45, 2.75) is 42.5 Å². The number of amides is 2. The number of carbonyl (C=O) groups excluding carboxylic acids is 2. The number of benzene rings is 3. The van der Waals surface area contributed by atoms with Gasteiger partial charge in [-0.05, 0) is 86.3 Å². The predicted molar refractivity (Wildman–Crippen MR) is 151 cm³/mol. The first kappa shape index (κ1) is 26.6. The molecule has 1 N–H and O–H groups in total. The van der Waals surface area contributed by atoms with Gasteiger partial charge in [0.15, 0.2) is 0 Å². The number of halogens is 1. The Hall–Kier alpha value is -3.00. The first-order valence-electron chi connectivity index (χ1n) is 13.1. The normalized spacial score (nSPS) is 19.4. The summed E-state index contributed by atoms with van der Waals surface area (Å²) in [6.07, 6.45) is 3.40. The number of nitrogens with one attached hydrogen (secondary N) is 1. The van der Waals surface area contributed by atoms with E-state index in [0.717, 1.165) is 37.5 Å². The summed E-state index contributed by atoms with van der Waals surface area (Å²) in [6.45, 7) is 6.31. The van der Waals surface area contributed by atoms with Crippen molar-refractivity contribution < 1.29 is 13.8 Å². The van der Waals surface area contributed by atoms with E-state index in [0.29, 0.717) is 38.2 Å². The topological polar surface area (TPSA) is 69.7 Å². The number of rotatable bonds is 7. The van der Waals surface area contributed by atoms with E-state index in [2.05, 4.69) is 17.1 Å². The zero-order valence-corrected chi connectivity index (χ0v) is 23.1. The molecule has 2 aliphatic rings. The van der Waals surface area contributed by atoms with Crippen molar-refractivity contribution in [2.24, 2.45) is 5.92 Å². The highest BCUT2D eigenvalue weighted by molar-refractivity contribution is 7.85. The third-order valence-electron chi connectivity index (χ3n) is 7.18. The maximum absolute atomic E-state index is 13.8. The molecule has 0 aliphatic carbocycles. The zero-order chi connectivity index (χ0) is 26.6. The molecule has 1 fully saturated rings. The monoisotopic (exact) mass is 549 g/mol. The Bertz CT molecular complexity index is 1380. The quantitative estimate of drug-likeness (QED) is 0.394. The fraction of sp³-hybridized carbons (Fsp3) is 0.333. The summed E-state index contributed by atoms with van der Waals surface area (Å²) < 4.78 is 13.6. The minimum absolute atomic E-state index is 0.206. The smallest absolute Gasteiger partial charge is 0.259 e. The van der Waals surface area contributed by atoms with Crippen molar-refractivity contribution in [3.8, 4) is 0 Å². The van der Waals surface area contributed by atoms with Crippen molar-refractivity contribution in [1.82, 2.24) is 10.2 Å². The van der Waals surface area contributed by atoms with Crippen molar-refractivity contribution in [1.29, 1.82) is 0 Å². The van der Waals surface area contributed by atoms with Gasteiger partial charge >= 0.3 is 0 Å². The number of hydrogen-bond donors (Lipinski definition) is 1. The molecule has 2 aliphatic heterocycles. The second-order valence-electron chi connectivity index (χ2n) is 10.1. The Morgan fingerprint density at radius 3 is 2.74 bits per heavy atom. The molecule has 3 aromatic carbocycles. The molecule has 198 valence electrons. The van der Waals surface area contributed by atoms with Crippen LogP contribution in [0.3, 0.4) is 0 Å². The third kappa shape index (κ3) is 5.85. The van der Waals surface area contributed by atoms with E-state index < -0.39 is 10.8 Å². The van der Waals surface area contributed by atoms with Gasteiger partial charge in [0.05, 0.1) is 38.4 Å². The van der Waals surface area contributed by atoms with E-state index in [1.165, 1.54) is 12.8 Å². The van der Waals surface area contributed by atoms with Gasteiger partial charge in [-0.15, -0.1) is 0 Å². The molecule has 0 aromatic heterocycles. The molecule has 3 aromatic rings. The fourth-order valence-corrected chi connectivity index (χ4v) is 6.83. The van der Waals surface area contributed by atoms with Crippen molar-refractivity contribution in [2.75, 3.05) is 31.1 Å². The van der Waals surface area contributed by atoms with E-state index in [-0.39, 0.29) is 18.4 Å². The van der Waals surface area contributed by atoms with Crippen LogP contribution in [0.2, 0.25) is 5.02 Å². The molecule has 0 spiro atoms. The van der Waals surface area contributed by atoms with Crippen LogP contribution in [-0.2, 0) is 17.3 Å². The SMILES string of the molecule is C[C@@H]1CCCN(CCCNC(=O)c2ccc3c(c2)N(Cc2cccc(Cl)c2)C(=O)c2ccccc2[S@@]3=O)C1. The maximum atomic E-state index is 13.8. The predicted octanol–water partition coefficient (Wildman–Crippen LogP) is 5.52. The molecular weight excluding hydrogens is 518 g/mol. The average Bonchev–Trinajstić information content (AvgIpc) is 3.00. The minimum Gasteiger partial charge on any atom is -0.352 e. The Morgan fingerprint density at radius 1 is 1.08 bits per heavy atom. The van der Waals surface area contributed by atoms with Gasteiger partial charge in [-0.25, -0.2) is 4.21 Å². The van der Waals surface area contributed by atoms with Crippen LogP contribution in [0.5, 0.6) is 0 Å². The molecule has 0 bridgehead atoms. The van der Waals surface area contributed by atoms with Crippen molar-refractivity contribution in [3.05, 3.63) is 88.4 Å². The molecule has 2 amide bonds. The van der Waals surface area contributed by atoms with E-state index in [1.807, 2.05) is 18.2 Å². The lowest BCUT2D eigenvalue weighted by molar-refractivity contribution is 0.0946. The van der Waals surface area contributed by atoms with Crippen LogP contribution >= 0.6 is 11.6 Å². The summed E-state index contributed by atoms with van der Waals surface area (Å²) in [6, 6.07) is 19.4. The van der Waals surface area contributed by atoms with E-state index in [1.54, 1.807) is 53.4 Å². The number of likely N-dealkylation sites (tertiary alicyclic amines) is 1. The molecule has 6 nitrogen and oxygen atoms in total.